The lowest BCUT2D eigenvalue weighted by Gasteiger charge is -2.32. The van der Waals surface area contributed by atoms with E-state index in [0.29, 0.717) is 30.2 Å². The van der Waals surface area contributed by atoms with E-state index in [-0.39, 0.29) is 30.1 Å². The standard InChI is InChI=1S/C32H31FN4O5/c1-2-21-6-9-29(26(33)16-21)41-20-23-4-3-5-31(34-23)42-24-10-13-36(14-11-24)19-30-35-27-8-7-22(32(38)39)17-28(27)37(30)18-25-12-15-40-25/h1,3-9,16-17,24-25H,10-15,18-20H2,(H,38,39)/t25-/m0/s1. The molecule has 6 rings (SSSR count). The Bertz CT molecular complexity index is 1640. The number of terminal acetylenes is 1. The number of halogens is 1. The number of piperidine rings is 1. The largest absolute Gasteiger partial charge is 0.484 e. The lowest BCUT2D eigenvalue weighted by Crippen LogP contribution is -2.39. The van der Waals surface area contributed by atoms with Crippen molar-refractivity contribution < 1.29 is 28.5 Å². The molecule has 2 saturated heterocycles. The van der Waals surface area contributed by atoms with Gasteiger partial charge in [-0.05, 0) is 61.7 Å². The number of aromatic carboxylic acids is 1. The van der Waals surface area contributed by atoms with Gasteiger partial charge in [-0.25, -0.2) is 19.2 Å². The molecule has 2 aromatic heterocycles. The third-order valence-corrected chi connectivity index (χ3v) is 7.70. The van der Waals surface area contributed by atoms with Gasteiger partial charge in [0.25, 0.3) is 0 Å². The highest BCUT2D eigenvalue weighted by Gasteiger charge is 2.26. The molecule has 1 atom stereocenters. The maximum Gasteiger partial charge on any atom is 0.335 e. The first-order valence-corrected chi connectivity index (χ1v) is 14.0. The number of ether oxygens (including phenoxy) is 3. The second kappa shape index (κ2) is 12.2. The summed E-state index contributed by atoms with van der Waals surface area (Å²) in [6.07, 6.45) is 8.08. The topological polar surface area (TPSA) is 98.9 Å². The van der Waals surface area contributed by atoms with Crippen molar-refractivity contribution in [3.63, 3.8) is 0 Å². The van der Waals surface area contributed by atoms with E-state index in [1.807, 2.05) is 18.2 Å². The molecule has 0 spiro atoms. The molecule has 0 unspecified atom stereocenters. The molecule has 42 heavy (non-hydrogen) atoms. The first kappa shape index (κ1) is 27.7. The highest BCUT2D eigenvalue weighted by atomic mass is 19.1. The van der Waals surface area contributed by atoms with Crippen LogP contribution in [-0.4, -0.2) is 62.4 Å². The fourth-order valence-electron chi connectivity index (χ4n) is 5.28. The minimum absolute atomic E-state index is 0.0130. The molecule has 0 radical (unpaired) electrons. The van der Waals surface area contributed by atoms with Crippen molar-refractivity contribution in [2.24, 2.45) is 0 Å². The van der Waals surface area contributed by atoms with Crippen LogP contribution in [0.4, 0.5) is 4.39 Å². The zero-order valence-electron chi connectivity index (χ0n) is 23.0. The van der Waals surface area contributed by atoms with Gasteiger partial charge in [-0.1, -0.05) is 12.0 Å². The molecule has 4 aromatic rings. The van der Waals surface area contributed by atoms with Crippen LogP contribution in [0.2, 0.25) is 0 Å². The first-order chi connectivity index (χ1) is 20.4. The summed E-state index contributed by atoms with van der Waals surface area (Å²) in [6, 6.07) is 15.0. The number of carboxylic acids is 1. The van der Waals surface area contributed by atoms with Crippen LogP contribution >= 0.6 is 0 Å². The maximum absolute atomic E-state index is 14.2. The van der Waals surface area contributed by atoms with Gasteiger partial charge in [-0.15, -0.1) is 6.42 Å². The van der Waals surface area contributed by atoms with Crippen LogP contribution in [0.1, 0.15) is 46.7 Å². The lowest BCUT2D eigenvalue weighted by molar-refractivity contribution is -0.0592. The van der Waals surface area contributed by atoms with Gasteiger partial charge in [0.15, 0.2) is 11.6 Å². The summed E-state index contributed by atoms with van der Waals surface area (Å²) in [5.41, 5.74) is 2.94. The van der Waals surface area contributed by atoms with Gasteiger partial charge in [0.05, 0.1) is 41.5 Å². The minimum atomic E-state index is -0.954. The van der Waals surface area contributed by atoms with Gasteiger partial charge in [0.2, 0.25) is 5.88 Å². The van der Waals surface area contributed by atoms with Crippen LogP contribution in [0, 0.1) is 18.2 Å². The van der Waals surface area contributed by atoms with Crippen LogP contribution in [0.25, 0.3) is 11.0 Å². The molecule has 0 bridgehead atoms. The van der Waals surface area contributed by atoms with Crippen molar-refractivity contribution in [2.75, 3.05) is 19.7 Å². The molecule has 2 aliphatic rings. The second-order valence-electron chi connectivity index (χ2n) is 10.6. The molecule has 2 aromatic carbocycles. The predicted molar refractivity (Wildman–Crippen MR) is 153 cm³/mol. The molecule has 9 nitrogen and oxygen atoms in total. The highest BCUT2D eigenvalue weighted by molar-refractivity contribution is 5.92. The van der Waals surface area contributed by atoms with Gasteiger partial charge >= 0.3 is 5.97 Å². The van der Waals surface area contributed by atoms with E-state index in [2.05, 4.69) is 20.4 Å². The Morgan fingerprint density at radius 3 is 2.67 bits per heavy atom. The van der Waals surface area contributed by atoms with Crippen molar-refractivity contribution in [3.8, 4) is 24.0 Å². The Morgan fingerprint density at radius 2 is 1.95 bits per heavy atom. The smallest absolute Gasteiger partial charge is 0.335 e. The van der Waals surface area contributed by atoms with E-state index in [4.69, 9.17) is 25.6 Å². The zero-order valence-corrected chi connectivity index (χ0v) is 23.0. The Hall–Kier alpha value is -4.46. The average Bonchev–Trinajstić information content (AvgIpc) is 3.31. The Labute approximate surface area is 242 Å². The van der Waals surface area contributed by atoms with Gasteiger partial charge in [-0.2, -0.15) is 0 Å². The number of likely N-dealkylation sites (tertiary alicyclic amines) is 1. The van der Waals surface area contributed by atoms with Crippen LogP contribution < -0.4 is 9.47 Å². The van der Waals surface area contributed by atoms with Gasteiger partial charge in [-0.3, -0.25) is 4.90 Å². The Balaban J connectivity index is 1.06. The molecule has 4 heterocycles. The van der Waals surface area contributed by atoms with E-state index in [9.17, 15) is 14.3 Å². The van der Waals surface area contributed by atoms with Crippen LogP contribution in [0.15, 0.2) is 54.6 Å². The lowest BCUT2D eigenvalue weighted by atomic mass is 10.1. The number of hydrogen-bond acceptors (Lipinski definition) is 7. The van der Waals surface area contributed by atoms with E-state index in [0.717, 1.165) is 55.8 Å². The number of imidazole rings is 1. The molecular weight excluding hydrogens is 539 g/mol. The summed E-state index contributed by atoms with van der Waals surface area (Å²) in [5.74, 6) is 2.46. The van der Waals surface area contributed by atoms with Crippen LogP contribution in [0.5, 0.6) is 11.6 Å². The fourth-order valence-corrected chi connectivity index (χ4v) is 5.28. The van der Waals surface area contributed by atoms with E-state index in [1.54, 1.807) is 24.3 Å². The fraction of sp³-hybridized carbons (Fsp3) is 0.344. The predicted octanol–water partition coefficient (Wildman–Crippen LogP) is 4.66. The van der Waals surface area contributed by atoms with Crippen molar-refractivity contribution in [1.82, 2.24) is 19.4 Å². The molecule has 0 aliphatic carbocycles. The number of aromatic nitrogens is 3. The molecule has 0 amide bonds. The number of nitrogens with zero attached hydrogens (tertiary/aromatic N) is 4. The molecular formula is C32H31FN4O5. The molecule has 2 aliphatic heterocycles. The van der Waals surface area contributed by atoms with Crippen LogP contribution in [0.3, 0.4) is 0 Å². The summed E-state index contributed by atoms with van der Waals surface area (Å²) in [7, 11) is 0. The number of carbonyl (C=O) groups is 1. The first-order valence-electron chi connectivity index (χ1n) is 14.0. The molecule has 2 fully saturated rings. The summed E-state index contributed by atoms with van der Waals surface area (Å²) in [5, 5.41) is 9.48. The van der Waals surface area contributed by atoms with E-state index < -0.39 is 11.8 Å². The molecule has 216 valence electrons. The normalized spacial score (nSPS) is 17.5. The van der Waals surface area contributed by atoms with Gasteiger partial charge in [0, 0.05) is 31.3 Å². The summed E-state index contributed by atoms with van der Waals surface area (Å²) < 4.78 is 33.8. The number of hydrogen-bond donors (Lipinski definition) is 1. The average molecular weight is 571 g/mol. The summed E-state index contributed by atoms with van der Waals surface area (Å²) in [6.45, 7) is 3.81. The number of benzene rings is 2. The maximum atomic E-state index is 14.2. The Kier molecular flexibility index (Phi) is 8.04. The van der Waals surface area contributed by atoms with Gasteiger partial charge < -0.3 is 23.9 Å². The minimum Gasteiger partial charge on any atom is -0.484 e. The third kappa shape index (κ3) is 6.22. The highest BCUT2D eigenvalue weighted by Crippen LogP contribution is 2.25. The summed E-state index contributed by atoms with van der Waals surface area (Å²) in [4.78, 5) is 23.3. The third-order valence-electron chi connectivity index (χ3n) is 7.70. The van der Waals surface area contributed by atoms with Crippen molar-refractivity contribution >= 4 is 17.0 Å². The number of carboxylic acid groups (broad SMARTS) is 1. The van der Waals surface area contributed by atoms with Crippen molar-refractivity contribution in [1.29, 1.82) is 0 Å². The van der Waals surface area contributed by atoms with E-state index in [1.165, 1.54) is 12.1 Å². The summed E-state index contributed by atoms with van der Waals surface area (Å²) >= 11 is 0. The zero-order chi connectivity index (χ0) is 29.1. The Morgan fingerprint density at radius 1 is 1.12 bits per heavy atom. The number of rotatable bonds is 10. The number of pyridine rings is 1. The second-order valence-corrected chi connectivity index (χ2v) is 10.6. The number of fused-ring (bicyclic) bond motifs is 1. The van der Waals surface area contributed by atoms with Crippen molar-refractivity contribution in [3.05, 3.63) is 83.1 Å². The SMILES string of the molecule is C#Cc1ccc(OCc2cccc(OC3CCN(Cc4nc5ccc(C(=O)O)cc5n4C[C@@H]4CCO4)CC3)n2)c(F)c1. The molecule has 0 saturated carbocycles. The monoisotopic (exact) mass is 570 g/mol. The van der Waals surface area contributed by atoms with Crippen LogP contribution in [-0.2, 0) is 24.4 Å². The molecule has 1 N–H and O–H groups in total. The van der Waals surface area contributed by atoms with Crippen molar-refractivity contribution in [2.45, 2.75) is 51.2 Å². The quantitative estimate of drug-likeness (QED) is 0.275. The van der Waals surface area contributed by atoms with E-state index >= 15 is 0 Å². The molecule has 10 heteroatoms. The van der Waals surface area contributed by atoms with Gasteiger partial charge in [0.1, 0.15) is 18.5 Å².